The Hall–Kier alpha value is -2.27. The van der Waals surface area contributed by atoms with Crippen molar-refractivity contribution in [3.8, 4) is 0 Å². The van der Waals surface area contributed by atoms with Gasteiger partial charge >= 0.3 is 0 Å². The lowest BCUT2D eigenvalue weighted by Gasteiger charge is -2.07. The molecule has 0 aliphatic rings. The molecule has 0 bridgehead atoms. The van der Waals surface area contributed by atoms with Crippen LogP contribution in [0.4, 0.5) is 10.1 Å². The number of amides is 1. The molecule has 0 radical (unpaired) electrons. The first-order valence-corrected chi connectivity index (χ1v) is 6.35. The van der Waals surface area contributed by atoms with E-state index < -0.39 is 0 Å². The van der Waals surface area contributed by atoms with Crippen LogP contribution in [0.15, 0.2) is 42.5 Å². The maximum absolute atomic E-state index is 13.1. The number of aryl methyl sites for hydroxylation is 1. The first-order chi connectivity index (χ1) is 9.47. The van der Waals surface area contributed by atoms with Crippen molar-refractivity contribution in [2.24, 2.45) is 5.73 Å². The largest absolute Gasteiger partial charge is 0.389 e. The molecular formula is C15H13FN2OS. The SMILES string of the molecule is Cc1cc(NC(=O)c2ccc(C(N)=S)cc2)ccc1F. The predicted octanol–water partition coefficient (Wildman–Crippen LogP) is 3.02. The summed E-state index contributed by atoms with van der Waals surface area (Å²) in [5.74, 6) is -0.575. The average molecular weight is 288 g/mol. The van der Waals surface area contributed by atoms with E-state index in [1.165, 1.54) is 12.1 Å². The van der Waals surface area contributed by atoms with Crippen molar-refractivity contribution in [3.63, 3.8) is 0 Å². The fourth-order valence-electron chi connectivity index (χ4n) is 1.71. The van der Waals surface area contributed by atoms with Crippen LogP contribution < -0.4 is 11.1 Å². The Balaban J connectivity index is 2.15. The molecule has 0 atom stereocenters. The van der Waals surface area contributed by atoms with E-state index in [0.717, 1.165) is 0 Å². The highest BCUT2D eigenvalue weighted by atomic mass is 32.1. The smallest absolute Gasteiger partial charge is 0.255 e. The third-order valence-corrected chi connectivity index (χ3v) is 3.08. The third-order valence-electron chi connectivity index (χ3n) is 2.85. The number of nitrogens with two attached hydrogens (primary N) is 1. The van der Waals surface area contributed by atoms with Gasteiger partial charge < -0.3 is 11.1 Å². The van der Waals surface area contributed by atoms with Crippen LogP contribution in [0, 0.1) is 12.7 Å². The molecule has 2 rings (SSSR count). The van der Waals surface area contributed by atoms with Crippen LogP contribution in [-0.2, 0) is 0 Å². The van der Waals surface area contributed by atoms with Crippen molar-refractivity contribution in [2.45, 2.75) is 6.92 Å². The molecule has 0 fully saturated rings. The summed E-state index contributed by atoms with van der Waals surface area (Å²) in [6, 6.07) is 11.1. The zero-order valence-corrected chi connectivity index (χ0v) is 11.6. The molecule has 0 aliphatic carbocycles. The van der Waals surface area contributed by atoms with Gasteiger partial charge in [0, 0.05) is 16.8 Å². The number of hydrogen-bond donors (Lipinski definition) is 2. The van der Waals surface area contributed by atoms with E-state index in [1.807, 2.05) is 0 Å². The summed E-state index contributed by atoms with van der Waals surface area (Å²) in [6.07, 6.45) is 0. The highest BCUT2D eigenvalue weighted by Gasteiger charge is 2.07. The van der Waals surface area contributed by atoms with Crippen LogP contribution in [-0.4, -0.2) is 10.9 Å². The molecular weight excluding hydrogens is 275 g/mol. The van der Waals surface area contributed by atoms with Gasteiger partial charge in [0.1, 0.15) is 10.8 Å². The Kier molecular flexibility index (Phi) is 4.10. The minimum Gasteiger partial charge on any atom is -0.389 e. The van der Waals surface area contributed by atoms with Gasteiger partial charge in [-0.2, -0.15) is 0 Å². The van der Waals surface area contributed by atoms with Crippen molar-refractivity contribution in [1.29, 1.82) is 0 Å². The molecule has 0 saturated heterocycles. The summed E-state index contributed by atoms with van der Waals surface area (Å²) >= 11 is 4.84. The van der Waals surface area contributed by atoms with E-state index in [2.05, 4.69) is 5.32 Å². The van der Waals surface area contributed by atoms with Gasteiger partial charge in [0.15, 0.2) is 0 Å². The Morgan fingerprint density at radius 2 is 1.75 bits per heavy atom. The molecule has 0 unspecified atom stereocenters. The van der Waals surface area contributed by atoms with E-state index in [0.29, 0.717) is 22.4 Å². The zero-order valence-electron chi connectivity index (χ0n) is 10.8. The summed E-state index contributed by atoms with van der Waals surface area (Å²) in [5, 5.41) is 2.71. The molecule has 5 heteroatoms. The molecule has 2 aromatic carbocycles. The van der Waals surface area contributed by atoms with E-state index >= 15 is 0 Å². The Bertz CT molecular complexity index is 668. The zero-order chi connectivity index (χ0) is 14.7. The maximum Gasteiger partial charge on any atom is 0.255 e. The van der Waals surface area contributed by atoms with Crippen LogP contribution in [0.25, 0.3) is 0 Å². The fourth-order valence-corrected chi connectivity index (χ4v) is 1.85. The molecule has 0 aliphatic heterocycles. The van der Waals surface area contributed by atoms with Crippen LogP contribution in [0.2, 0.25) is 0 Å². The summed E-state index contributed by atoms with van der Waals surface area (Å²) in [6.45, 7) is 1.64. The van der Waals surface area contributed by atoms with Crippen molar-refractivity contribution < 1.29 is 9.18 Å². The number of anilines is 1. The van der Waals surface area contributed by atoms with Crippen molar-refractivity contribution in [1.82, 2.24) is 0 Å². The lowest BCUT2D eigenvalue weighted by atomic mass is 10.1. The second-order valence-corrected chi connectivity index (χ2v) is 4.80. The van der Waals surface area contributed by atoms with Gasteiger partial charge in [-0.25, -0.2) is 4.39 Å². The van der Waals surface area contributed by atoms with E-state index in [4.69, 9.17) is 18.0 Å². The van der Waals surface area contributed by atoms with Crippen molar-refractivity contribution in [3.05, 3.63) is 65.0 Å². The van der Waals surface area contributed by atoms with Gasteiger partial charge in [-0.15, -0.1) is 0 Å². The monoisotopic (exact) mass is 288 g/mol. The van der Waals surface area contributed by atoms with Crippen LogP contribution in [0.1, 0.15) is 21.5 Å². The molecule has 3 N–H and O–H groups in total. The standard InChI is InChI=1S/C15H13FN2OS/c1-9-8-12(6-7-13(9)16)18-15(19)11-4-2-10(3-5-11)14(17)20/h2-8H,1H3,(H2,17,20)(H,18,19). The number of benzene rings is 2. The minimum atomic E-state index is -0.302. The summed E-state index contributed by atoms with van der Waals surface area (Å²) < 4.78 is 13.1. The minimum absolute atomic E-state index is 0.273. The van der Waals surface area contributed by atoms with Crippen LogP contribution >= 0.6 is 12.2 Å². The van der Waals surface area contributed by atoms with E-state index in [9.17, 15) is 9.18 Å². The number of hydrogen-bond acceptors (Lipinski definition) is 2. The van der Waals surface area contributed by atoms with Crippen molar-refractivity contribution >= 4 is 28.8 Å². The molecule has 102 valence electrons. The lowest BCUT2D eigenvalue weighted by molar-refractivity contribution is 0.102. The highest BCUT2D eigenvalue weighted by molar-refractivity contribution is 7.80. The second-order valence-electron chi connectivity index (χ2n) is 4.36. The quantitative estimate of drug-likeness (QED) is 0.854. The topological polar surface area (TPSA) is 55.1 Å². The molecule has 1 amide bonds. The fraction of sp³-hybridized carbons (Fsp3) is 0.0667. The molecule has 3 nitrogen and oxygen atoms in total. The molecule has 2 aromatic rings. The Morgan fingerprint density at radius 1 is 1.15 bits per heavy atom. The van der Waals surface area contributed by atoms with Crippen LogP contribution in [0.5, 0.6) is 0 Å². The molecule has 0 spiro atoms. The number of thiocarbonyl (C=S) groups is 1. The van der Waals surface area contributed by atoms with Crippen LogP contribution in [0.3, 0.4) is 0 Å². The third kappa shape index (κ3) is 3.19. The van der Waals surface area contributed by atoms with Gasteiger partial charge in [0.25, 0.3) is 5.91 Å². The summed E-state index contributed by atoms with van der Waals surface area (Å²) in [7, 11) is 0. The first kappa shape index (κ1) is 14.1. The second kappa shape index (κ2) is 5.79. The first-order valence-electron chi connectivity index (χ1n) is 5.95. The molecule has 20 heavy (non-hydrogen) atoms. The Labute approximate surface area is 121 Å². The van der Waals surface area contributed by atoms with Gasteiger partial charge in [0.2, 0.25) is 0 Å². The number of nitrogens with one attached hydrogen (secondary N) is 1. The summed E-state index contributed by atoms with van der Waals surface area (Å²) in [5.41, 5.74) is 7.70. The number of rotatable bonds is 3. The molecule has 0 heterocycles. The normalized spacial score (nSPS) is 10.1. The van der Waals surface area contributed by atoms with E-state index in [1.54, 1.807) is 37.3 Å². The highest BCUT2D eigenvalue weighted by Crippen LogP contribution is 2.15. The number of carbonyl (C=O) groups excluding carboxylic acids is 1. The molecule has 0 aromatic heterocycles. The number of carbonyl (C=O) groups is 1. The van der Waals surface area contributed by atoms with E-state index in [-0.39, 0.29) is 16.7 Å². The summed E-state index contributed by atoms with van der Waals surface area (Å²) in [4.78, 5) is 12.3. The average Bonchev–Trinajstić information content (AvgIpc) is 2.43. The van der Waals surface area contributed by atoms with Crippen molar-refractivity contribution in [2.75, 3.05) is 5.32 Å². The van der Waals surface area contributed by atoms with Gasteiger partial charge in [-0.1, -0.05) is 24.4 Å². The molecule has 0 saturated carbocycles. The lowest BCUT2D eigenvalue weighted by Crippen LogP contribution is -2.13. The predicted molar refractivity (Wildman–Crippen MR) is 81.4 cm³/mol. The van der Waals surface area contributed by atoms with Gasteiger partial charge in [-0.3, -0.25) is 4.79 Å². The number of halogens is 1. The maximum atomic E-state index is 13.1. The van der Waals surface area contributed by atoms with Gasteiger partial charge in [0.05, 0.1) is 0 Å². The Morgan fingerprint density at radius 3 is 2.30 bits per heavy atom. The van der Waals surface area contributed by atoms with Gasteiger partial charge in [-0.05, 0) is 42.8 Å².